The third-order valence-corrected chi connectivity index (χ3v) is 9.58. The molecule has 0 aromatic carbocycles. The number of rotatable bonds is 7. The predicted octanol–water partition coefficient (Wildman–Crippen LogP) is 7.14. The molecule has 3 rings (SSSR count). The molecule has 10 unspecified atom stereocenters. The van der Waals surface area contributed by atoms with Crippen molar-refractivity contribution in [2.45, 2.75) is 81.1 Å². The lowest BCUT2D eigenvalue weighted by atomic mass is 9.56. The molecule has 0 N–H and O–H groups in total. The molecular weight excluding hydrogens is 288 g/mol. The lowest BCUT2D eigenvalue weighted by molar-refractivity contribution is -0.000373. The highest BCUT2D eigenvalue weighted by atomic mass is 14.6. The van der Waals surface area contributed by atoms with Crippen molar-refractivity contribution in [3.05, 3.63) is 0 Å². The van der Waals surface area contributed by atoms with E-state index in [0.29, 0.717) is 0 Å². The Bertz CT molecular complexity index is 422. The first kappa shape index (κ1) is 18.8. The molecule has 10 atom stereocenters. The highest BCUT2D eigenvalue weighted by Crippen LogP contribution is 2.65. The van der Waals surface area contributed by atoms with E-state index in [4.69, 9.17) is 0 Å². The van der Waals surface area contributed by atoms with Gasteiger partial charge in [-0.05, 0) is 96.7 Å². The van der Waals surface area contributed by atoms with Crippen LogP contribution < -0.4 is 0 Å². The molecule has 140 valence electrons. The van der Waals surface area contributed by atoms with Crippen LogP contribution in [0.2, 0.25) is 0 Å². The van der Waals surface area contributed by atoms with Gasteiger partial charge in [-0.25, -0.2) is 0 Å². The van der Waals surface area contributed by atoms with Gasteiger partial charge in [-0.1, -0.05) is 55.4 Å². The van der Waals surface area contributed by atoms with Gasteiger partial charge in [-0.2, -0.15) is 0 Å². The lowest BCUT2D eigenvalue weighted by Crippen LogP contribution is -2.42. The minimum atomic E-state index is 0.849. The molecule has 3 aliphatic carbocycles. The maximum Gasteiger partial charge on any atom is -0.0349 e. The van der Waals surface area contributed by atoms with Crippen molar-refractivity contribution in [1.82, 2.24) is 0 Å². The van der Waals surface area contributed by atoms with Crippen LogP contribution in [0.25, 0.3) is 0 Å². The van der Waals surface area contributed by atoms with Crippen LogP contribution in [0.1, 0.15) is 81.1 Å². The zero-order valence-electron chi connectivity index (χ0n) is 17.8. The first-order chi connectivity index (χ1) is 11.2. The third kappa shape index (κ3) is 3.21. The number of hydrogen-bond acceptors (Lipinski definition) is 0. The van der Waals surface area contributed by atoms with Gasteiger partial charge in [-0.3, -0.25) is 0 Å². The predicted molar refractivity (Wildman–Crippen MR) is 106 cm³/mol. The summed E-state index contributed by atoms with van der Waals surface area (Å²) in [5.74, 6) is 12.0. The third-order valence-electron chi connectivity index (χ3n) is 9.58. The van der Waals surface area contributed by atoms with Gasteiger partial charge >= 0.3 is 0 Å². The van der Waals surface area contributed by atoms with E-state index in [0.717, 1.165) is 71.0 Å². The average molecular weight is 333 g/mol. The molecule has 0 aromatic heterocycles. The summed E-state index contributed by atoms with van der Waals surface area (Å²) in [4.78, 5) is 0. The Hall–Kier alpha value is 0. The van der Waals surface area contributed by atoms with Gasteiger partial charge in [0.15, 0.2) is 0 Å². The van der Waals surface area contributed by atoms with Gasteiger partial charge in [0.05, 0.1) is 0 Å². The van der Waals surface area contributed by atoms with E-state index in [1.807, 2.05) is 0 Å². The molecule has 3 aliphatic rings. The molecule has 0 aliphatic heterocycles. The second-order valence-corrected chi connectivity index (χ2v) is 11.0. The number of fused-ring (bicyclic) bond motifs is 1. The monoisotopic (exact) mass is 332 g/mol. The van der Waals surface area contributed by atoms with Gasteiger partial charge in [0.1, 0.15) is 0 Å². The van der Waals surface area contributed by atoms with E-state index in [1.54, 1.807) is 25.7 Å². The van der Waals surface area contributed by atoms with Crippen molar-refractivity contribution in [1.29, 1.82) is 0 Å². The van der Waals surface area contributed by atoms with Gasteiger partial charge in [0.25, 0.3) is 0 Å². The van der Waals surface area contributed by atoms with Crippen molar-refractivity contribution in [3.8, 4) is 0 Å². The molecule has 0 aromatic rings. The van der Waals surface area contributed by atoms with Crippen molar-refractivity contribution >= 4 is 0 Å². The normalized spacial score (nSPS) is 43.2. The largest absolute Gasteiger partial charge is 0.0625 e. The summed E-state index contributed by atoms with van der Waals surface area (Å²) >= 11 is 0. The summed E-state index contributed by atoms with van der Waals surface area (Å²) in [7, 11) is 0. The van der Waals surface area contributed by atoms with Crippen LogP contribution in [-0.4, -0.2) is 0 Å². The first-order valence-corrected chi connectivity index (χ1v) is 11.2. The van der Waals surface area contributed by atoms with E-state index in [1.165, 1.54) is 0 Å². The molecule has 0 nitrogen and oxygen atoms in total. The van der Waals surface area contributed by atoms with Crippen LogP contribution in [0.4, 0.5) is 0 Å². The summed E-state index contributed by atoms with van der Waals surface area (Å²) in [5, 5.41) is 0. The molecule has 3 saturated carbocycles. The van der Waals surface area contributed by atoms with Crippen LogP contribution in [0.5, 0.6) is 0 Å². The molecule has 0 heteroatoms. The molecular formula is C24H44. The van der Waals surface area contributed by atoms with Gasteiger partial charge < -0.3 is 0 Å². The summed E-state index contributed by atoms with van der Waals surface area (Å²) < 4.78 is 0. The first-order valence-electron chi connectivity index (χ1n) is 11.2. The molecule has 24 heavy (non-hydrogen) atoms. The summed E-state index contributed by atoms with van der Waals surface area (Å²) in [6.45, 7) is 19.8. The highest BCUT2D eigenvalue weighted by Gasteiger charge is 2.58. The van der Waals surface area contributed by atoms with Crippen molar-refractivity contribution in [2.75, 3.05) is 0 Å². The average Bonchev–Trinajstić information content (AvgIpc) is 3.23. The lowest BCUT2D eigenvalue weighted by Gasteiger charge is -2.48. The maximum atomic E-state index is 2.56. The van der Waals surface area contributed by atoms with Crippen LogP contribution in [0, 0.1) is 71.0 Å². The fourth-order valence-corrected chi connectivity index (χ4v) is 6.77. The van der Waals surface area contributed by atoms with Gasteiger partial charge in [0.2, 0.25) is 0 Å². The summed E-state index contributed by atoms with van der Waals surface area (Å²) in [6.07, 6.45) is 6.27. The zero-order chi connectivity index (χ0) is 17.8. The maximum absolute atomic E-state index is 2.56. The minimum Gasteiger partial charge on any atom is -0.0625 e. The molecule has 0 saturated heterocycles. The highest BCUT2D eigenvalue weighted by molar-refractivity contribution is 5.07. The molecule has 3 fully saturated rings. The summed E-state index contributed by atoms with van der Waals surface area (Å²) in [6, 6.07) is 0. The quantitative estimate of drug-likeness (QED) is 0.464. The standard InChI is InChI=1S/C24H44/c1-13(2)15(5)17(7)21-11-23-19(21)9-10-20(23)24-12-22(24)18(8)16(6)14(3)4/h13-24H,9-12H2,1-8H3. The Morgan fingerprint density at radius 2 is 0.917 bits per heavy atom. The molecule has 0 amide bonds. The van der Waals surface area contributed by atoms with E-state index < -0.39 is 0 Å². The fourth-order valence-electron chi connectivity index (χ4n) is 6.77. The van der Waals surface area contributed by atoms with Crippen LogP contribution in [0.3, 0.4) is 0 Å². The zero-order valence-corrected chi connectivity index (χ0v) is 17.8. The van der Waals surface area contributed by atoms with Crippen molar-refractivity contribution in [3.63, 3.8) is 0 Å². The van der Waals surface area contributed by atoms with E-state index >= 15 is 0 Å². The molecule has 0 bridgehead atoms. The van der Waals surface area contributed by atoms with E-state index in [-0.39, 0.29) is 0 Å². The van der Waals surface area contributed by atoms with Gasteiger partial charge in [0, 0.05) is 0 Å². The van der Waals surface area contributed by atoms with Crippen molar-refractivity contribution < 1.29 is 0 Å². The Morgan fingerprint density at radius 1 is 0.500 bits per heavy atom. The molecule has 0 heterocycles. The fraction of sp³-hybridized carbons (Fsp3) is 1.00. The van der Waals surface area contributed by atoms with Crippen molar-refractivity contribution in [2.24, 2.45) is 71.0 Å². The topological polar surface area (TPSA) is 0 Å². The minimum absolute atomic E-state index is 0.849. The Labute approximate surface area is 152 Å². The molecule has 0 radical (unpaired) electrons. The second kappa shape index (κ2) is 6.96. The van der Waals surface area contributed by atoms with Crippen LogP contribution in [0.15, 0.2) is 0 Å². The SMILES string of the molecule is CC(C)C(C)C(C)C1CC1C1CCC2C(C(C)C(C)C(C)C)CC21. The second-order valence-electron chi connectivity index (χ2n) is 11.0. The van der Waals surface area contributed by atoms with Crippen LogP contribution >= 0.6 is 0 Å². The Balaban J connectivity index is 1.53. The smallest absolute Gasteiger partial charge is 0.0349 e. The number of hydrogen-bond donors (Lipinski definition) is 0. The van der Waals surface area contributed by atoms with E-state index in [9.17, 15) is 0 Å². The van der Waals surface area contributed by atoms with Gasteiger partial charge in [-0.15, -0.1) is 0 Å². The Morgan fingerprint density at radius 3 is 1.42 bits per heavy atom. The van der Waals surface area contributed by atoms with E-state index in [2.05, 4.69) is 55.4 Å². The Kier molecular flexibility index (Phi) is 5.44. The molecule has 0 spiro atoms. The van der Waals surface area contributed by atoms with Crippen LogP contribution in [-0.2, 0) is 0 Å². The summed E-state index contributed by atoms with van der Waals surface area (Å²) in [5.41, 5.74) is 0.